The van der Waals surface area contributed by atoms with Crippen molar-refractivity contribution in [1.29, 1.82) is 0 Å². The highest BCUT2D eigenvalue weighted by Gasteiger charge is 2.20. The van der Waals surface area contributed by atoms with Crippen LogP contribution < -0.4 is 5.32 Å². The van der Waals surface area contributed by atoms with Gasteiger partial charge in [0.2, 0.25) is 0 Å². The van der Waals surface area contributed by atoms with Crippen molar-refractivity contribution in [1.82, 2.24) is 5.32 Å². The maximum atomic E-state index is 3.47. The molecule has 1 aliphatic heterocycles. The van der Waals surface area contributed by atoms with Crippen molar-refractivity contribution in [3.05, 3.63) is 23.8 Å². The van der Waals surface area contributed by atoms with Gasteiger partial charge in [0.1, 0.15) is 0 Å². The van der Waals surface area contributed by atoms with Gasteiger partial charge in [-0.25, -0.2) is 0 Å². The summed E-state index contributed by atoms with van der Waals surface area (Å²) in [7, 11) is 0. The maximum absolute atomic E-state index is 3.47. The normalized spacial score (nSPS) is 29.8. The van der Waals surface area contributed by atoms with E-state index < -0.39 is 0 Å². The Morgan fingerprint density at radius 2 is 2.23 bits per heavy atom. The van der Waals surface area contributed by atoms with Crippen LogP contribution in [0.1, 0.15) is 27.7 Å². The van der Waals surface area contributed by atoms with Crippen LogP contribution in [0.2, 0.25) is 0 Å². The van der Waals surface area contributed by atoms with E-state index in [1.807, 2.05) is 0 Å². The van der Waals surface area contributed by atoms with E-state index in [2.05, 4.69) is 51.2 Å². The molecule has 3 unspecified atom stereocenters. The molecule has 74 valence electrons. The lowest BCUT2D eigenvalue weighted by Gasteiger charge is -2.29. The van der Waals surface area contributed by atoms with Gasteiger partial charge in [0, 0.05) is 12.6 Å². The molecule has 0 saturated heterocycles. The summed E-state index contributed by atoms with van der Waals surface area (Å²) in [5.74, 6) is 1.30. The van der Waals surface area contributed by atoms with Crippen LogP contribution in [0.15, 0.2) is 23.8 Å². The van der Waals surface area contributed by atoms with Gasteiger partial charge in [0.05, 0.1) is 0 Å². The minimum atomic E-state index is 0.607. The van der Waals surface area contributed by atoms with Crippen LogP contribution in [0.5, 0.6) is 0 Å². The van der Waals surface area contributed by atoms with E-state index in [9.17, 15) is 0 Å². The molecule has 0 radical (unpaired) electrons. The van der Waals surface area contributed by atoms with Crippen LogP contribution in [0, 0.1) is 11.8 Å². The zero-order valence-electron chi connectivity index (χ0n) is 9.17. The van der Waals surface area contributed by atoms with Crippen LogP contribution in [0.25, 0.3) is 0 Å². The quantitative estimate of drug-likeness (QED) is 0.643. The molecular weight excluding hydrogens is 158 g/mol. The zero-order chi connectivity index (χ0) is 9.84. The molecular formula is C12H21N. The van der Waals surface area contributed by atoms with E-state index >= 15 is 0 Å². The second-order valence-electron chi connectivity index (χ2n) is 4.31. The third-order valence-electron chi connectivity index (χ3n) is 2.70. The molecule has 0 aliphatic carbocycles. The van der Waals surface area contributed by atoms with Gasteiger partial charge in [-0.1, -0.05) is 30.7 Å². The van der Waals surface area contributed by atoms with Gasteiger partial charge >= 0.3 is 0 Å². The Kier molecular flexibility index (Phi) is 3.73. The number of allylic oxidation sites excluding steroid dienone is 2. The summed E-state index contributed by atoms with van der Waals surface area (Å²) in [6.07, 6.45) is 6.95. The molecule has 1 rings (SSSR count). The van der Waals surface area contributed by atoms with Gasteiger partial charge in [-0.05, 0) is 32.6 Å². The Labute approximate surface area is 81.9 Å². The molecule has 0 fully saturated rings. The standard InChI is InChI=1S/C12H21N/c1-9(2)8-10(3)12-6-5-7-13-11(12)4/h5-6,8,10-13H,7H2,1-4H3. The summed E-state index contributed by atoms with van der Waals surface area (Å²) in [6, 6.07) is 0.607. The predicted molar refractivity (Wildman–Crippen MR) is 58.7 cm³/mol. The van der Waals surface area contributed by atoms with Crippen LogP contribution >= 0.6 is 0 Å². The molecule has 0 aromatic heterocycles. The van der Waals surface area contributed by atoms with Crippen molar-refractivity contribution in [2.45, 2.75) is 33.7 Å². The summed E-state index contributed by atoms with van der Waals surface area (Å²) in [4.78, 5) is 0. The van der Waals surface area contributed by atoms with E-state index in [0.29, 0.717) is 17.9 Å². The minimum Gasteiger partial charge on any atom is -0.310 e. The summed E-state index contributed by atoms with van der Waals surface area (Å²) in [5, 5.41) is 3.47. The highest BCUT2D eigenvalue weighted by atomic mass is 14.9. The topological polar surface area (TPSA) is 12.0 Å². The molecule has 0 aromatic carbocycles. The van der Waals surface area contributed by atoms with E-state index in [4.69, 9.17) is 0 Å². The Hall–Kier alpha value is -0.560. The van der Waals surface area contributed by atoms with Crippen molar-refractivity contribution in [3.63, 3.8) is 0 Å². The third-order valence-corrected chi connectivity index (χ3v) is 2.70. The molecule has 0 amide bonds. The molecule has 1 heteroatoms. The molecule has 13 heavy (non-hydrogen) atoms. The second-order valence-corrected chi connectivity index (χ2v) is 4.31. The average Bonchev–Trinajstić information content (AvgIpc) is 2.03. The van der Waals surface area contributed by atoms with Crippen LogP contribution in [0.4, 0.5) is 0 Å². The lowest BCUT2D eigenvalue weighted by molar-refractivity contribution is 0.369. The Morgan fingerprint density at radius 1 is 1.54 bits per heavy atom. The highest BCUT2D eigenvalue weighted by molar-refractivity contribution is 5.07. The first kappa shape index (κ1) is 10.5. The van der Waals surface area contributed by atoms with E-state index in [0.717, 1.165) is 6.54 Å². The molecule has 0 saturated carbocycles. The molecule has 3 atom stereocenters. The van der Waals surface area contributed by atoms with Crippen LogP contribution in [-0.2, 0) is 0 Å². The van der Waals surface area contributed by atoms with Gasteiger partial charge in [-0.2, -0.15) is 0 Å². The largest absolute Gasteiger partial charge is 0.310 e. The average molecular weight is 179 g/mol. The molecule has 0 aromatic rings. The summed E-state index contributed by atoms with van der Waals surface area (Å²) in [5.41, 5.74) is 1.42. The Balaban J connectivity index is 2.64. The van der Waals surface area contributed by atoms with Crippen LogP contribution in [0.3, 0.4) is 0 Å². The van der Waals surface area contributed by atoms with Gasteiger partial charge in [-0.3, -0.25) is 0 Å². The molecule has 1 nitrogen and oxygen atoms in total. The van der Waals surface area contributed by atoms with Crippen molar-refractivity contribution in [3.8, 4) is 0 Å². The maximum Gasteiger partial charge on any atom is 0.0137 e. The van der Waals surface area contributed by atoms with E-state index in [1.54, 1.807) is 0 Å². The fraction of sp³-hybridized carbons (Fsp3) is 0.667. The SMILES string of the molecule is CC(C)=CC(C)C1C=CCNC1C. The van der Waals surface area contributed by atoms with Gasteiger partial charge in [-0.15, -0.1) is 0 Å². The monoisotopic (exact) mass is 179 g/mol. The highest BCUT2D eigenvalue weighted by Crippen LogP contribution is 2.22. The number of hydrogen-bond acceptors (Lipinski definition) is 1. The zero-order valence-corrected chi connectivity index (χ0v) is 9.17. The fourth-order valence-electron chi connectivity index (χ4n) is 2.05. The first-order valence-corrected chi connectivity index (χ1v) is 5.16. The van der Waals surface area contributed by atoms with Gasteiger partial charge in [0.15, 0.2) is 0 Å². The molecule has 0 bridgehead atoms. The van der Waals surface area contributed by atoms with Gasteiger partial charge < -0.3 is 5.32 Å². The number of nitrogens with one attached hydrogen (secondary N) is 1. The first-order valence-electron chi connectivity index (χ1n) is 5.16. The second kappa shape index (κ2) is 4.61. The fourth-order valence-corrected chi connectivity index (χ4v) is 2.05. The summed E-state index contributed by atoms with van der Waals surface area (Å²) in [6.45, 7) is 9.93. The van der Waals surface area contributed by atoms with Crippen LogP contribution in [-0.4, -0.2) is 12.6 Å². The lowest BCUT2D eigenvalue weighted by atomic mass is 9.85. The Bertz CT molecular complexity index is 211. The van der Waals surface area contributed by atoms with Crippen molar-refractivity contribution < 1.29 is 0 Å². The minimum absolute atomic E-state index is 0.607. The summed E-state index contributed by atoms with van der Waals surface area (Å²) < 4.78 is 0. The third kappa shape index (κ3) is 3.00. The lowest BCUT2D eigenvalue weighted by Crippen LogP contribution is -2.38. The molecule has 1 N–H and O–H groups in total. The summed E-state index contributed by atoms with van der Waals surface area (Å²) >= 11 is 0. The molecule has 1 aliphatic rings. The van der Waals surface area contributed by atoms with Crippen molar-refractivity contribution >= 4 is 0 Å². The van der Waals surface area contributed by atoms with Crippen molar-refractivity contribution in [2.24, 2.45) is 11.8 Å². The number of hydrogen-bond donors (Lipinski definition) is 1. The van der Waals surface area contributed by atoms with E-state index in [1.165, 1.54) is 5.57 Å². The molecule has 0 spiro atoms. The predicted octanol–water partition coefficient (Wildman–Crippen LogP) is 2.75. The van der Waals surface area contributed by atoms with Gasteiger partial charge in [0.25, 0.3) is 0 Å². The molecule has 1 heterocycles. The smallest absolute Gasteiger partial charge is 0.0137 e. The van der Waals surface area contributed by atoms with Crippen molar-refractivity contribution in [2.75, 3.05) is 6.54 Å². The number of rotatable bonds is 2. The Morgan fingerprint density at radius 3 is 2.77 bits per heavy atom. The van der Waals surface area contributed by atoms with E-state index in [-0.39, 0.29) is 0 Å². The first-order chi connectivity index (χ1) is 6.11.